The van der Waals surface area contributed by atoms with E-state index in [1.54, 1.807) is 25.3 Å². The molecule has 9 nitrogen and oxygen atoms in total. The summed E-state index contributed by atoms with van der Waals surface area (Å²) in [6, 6.07) is 6.16. The third-order valence-electron chi connectivity index (χ3n) is 5.61. The third kappa shape index (κ3) is 4.77. The van der Waals surface area contributed by atoms with E-state index in [9.17, 15) is 13.6 Å². The number of nitrogens with two attached hydrogens (primary N) is 1. The van der Waals surface area contributed by atoms with Gasteiger partial charge in [-0.2, -0.15) is 4.98 Å². The number of pyridine rings is 2. The standard InChI is InChI=1S/C25H24F2N6O3/c1-13-18(15-5-6-33-21(8-15)31-25(28)32-33)10-19(24(30-13)35-2)23(34)29-11-16-7-17(26)9-20(27)22(16)36-12-14-3-4-14/h5-10,14H,3-4,11-12H2,1-2H3,(H2,28,32)(H,29,34)/i2D3,12D2. The zero-order valence-corrected chi connectivity index (χ0v) is 19.0. The number of benzene rings is 1. The lowest BCUT2D eigenvalue weighted by Gasteiger charge is -2.15. The number of hydrogen-bond acceptors (Lipinski definition) is 7. The van der Waals surface area contributed by atoms with Gasteiger partial charge >= 0.3 is 0 Å². The van der Waals surface area contributed by atoms with E-state index < -0.39 is 55.2 Å². The fourth-order valence-electron chi connectivity index (χ4n) is 3.66. The Balaban J connectivity index is 1.48. The second-order valence-electron chi connectivity index (χ2n) is 8.32. The SMILES string of the molecule is [2H]C([2H])([2H])Oc1nc(C)c(-c2ccn3nc(N)nc3c2)cc1C(=O)NCc1cc(F)cc(F)c1OC([2H])([2H])C1CC1. The Morgan fingerprint density at radius 1 is 1.31 bits per heavy atom. The van der Waals surface area contributed by atoms with Gasteiger partial charge in [-0.05, 0) is 55.5 Å². The van der Waals surface area contributed by atoms with Crippen molar-refractivity contribution in [1.29, 1.82) is 0 Å². The summed E-state index contributed by atoms with van der Waals surface area (Å²) < 4.78 is 79.1. The molecule has 36 heavy (non-hydrogen) atoms. The number of nitrogen functional groups attached to an aromatic ring is 1. The van der Waals surface area contributed by atoms with Crippen molar-refractivity contribution in [1.82, 2.24) is 24.9 Å². The Kier molecular flexibility index (Phi) is 4.72. The fourth-order valence-corrected chi connectivity index (χ4v) is 3.66. The van der Waals surface area contributed by atoms with Crippen molar-refractivity contribution in [2.45, 2.75) is 26.3 Å². The van der Waals surface area contributed by atoms with E-state index in [1.807, 2.05) is 0 Å². The first-order valence-electron chi connectivity index (χ1n) is 13.5. The second kappa shape index (κ2) is 9.40. The summed E-state index contributed by atoms with van der Waals surface area (Å²) in [5, 5.41) is 6.49. The Labute approximate surface area is 212 Å². The molecule has 1 fully saturated rings. The number of aryl methyl sites for hydroxylation is 1. The van der Waals surface area contributed by atoms with E-state index in [4.69, 9.17) is 22.1 Å². The monoisotopic (exact) mass is 499 g/mol. The number of carbonyl (C=O) groups excluding carboxylic acids is 1. The first-order chi connectivity index (χ1) is 19.2. The number of carbonyl (C=O) groups is 1. The highest BCUT2D eigenvalue weighted by molar-refractivity contribution is 5.97. The summed E-state index contributed by atoms with van der Waals surface area (Å²) in [5.41, 5.74) is 6.99. The Hall–Kier alpha value is -4.28. The number of nitrogens with one attached hydrogen (secondary N) is 1. The Bertz CT molecular complexity index is 1660. The van der Waals surface area contributed by atoms with Crippen LogP contribution in [0.3, 0.4) is 0 Å². The van der Waals surface area contributed by atoms with Crippen LogP contribution in [0, 0.1) is 24.5 Å². The van der Waals surface area contributed by atoms with Gasteiger partial charge in [-0.25, -0.2) is 18.3 Å². The molecule has 0 unspecified atom stereocenters. The van der Waals surface area contributed by atoms with Gasteiger partial charge in [0.2, 0.25) is 11.8 Å². The number of aromatic nitrogens is 4. The summed E-state index contributed by atoms with van der Waals surface area (Å²) in [4.78, 5) is 21.7. The topological polar surface area (TPSA) is 117 Å². The average molecular weight is 500 g/mol. The fraction of sp³-hybridized carbons (Fsp3) is 0.280. The van der Waals surface area contributed by atoms with Crippen LogP contribution in [-0.4, -0.2) is 39.1 Å². The van der Waals surface area contributed by atoms with Gasteiger partial charge in [-0.1, -0.05) is 0 Å². The van der Waals surface area contributed by atoms with Crippen LogP contribution in [0.2, 0.25) is 0 Å². The van der Waals surface area contributed by atoms with E-state index in [0.29, 0.717) is 41.4 Å². The van der Waals surface area contributed by atoms with Crippen LogP contribution in [0.5, 0.6) is 11.6 Å². The lowest BCUT2D eigenvalue weighted by atomic mass is 10.0. The summed E-state index contributed by atoms with van der Waals surface area (Å²) >= 11 is 0. The molecule has 0 bridgehead atoms. The maximum atomic E-state index is 14.7. The van der Waals surface area contributed by atoms with Crippen LogP contribution in [0.25, 0.3) is 16.8 Å². The molecule has 186 valence electrons. The van der Waals surface area contributed by atoms with Gasteiger partial charge in [-0.15, -0.1) is 5.10 Å². The molecule has 1 aliphatic rings. The molecule has 0 aliphatic heterocycles. The first kappa shape index (κ1) is 18.1. The van der Waals surface area contributed by atoms with Gasteiger partial charge in [0.15, 0.2) is 17.2 Å². The average Bonchev–Trinajstić information content (AvgIpc) is 3.65. The van der Waals surface area contributed by atoms with Crippen LogP contribution >= 0.6 is 0 Å². The van der Waals surface area contributed by atoms with Crippen LogP contribution in [0.4, 0.5) is 14.7 Å². The van der Waals surface area contributed by atoms with Crippen LogP contribution in [0.1, 0.15) is 41.3 Å². The highest BCUT2D eigenvalue weighted by Crippen LogP contribution is 2.32. The number of nitrogens with zero attached hydrogens (tertiary/aromatic N) is 4. The predicted molar refractivity (Wildman–Crippen MR) is 128 cm³/mol. The van der Waals surface area contributed by atoms with E-state index in [0.717, 1.165) is 6.07 Å². The number of ether oxygens (including phenoxy) is 2. The van der Waals surface area contributed by atoms with Crippen molar-refractivity contribution in [2.24, 2.45) is 5.92 Å². The van der Waals surface area contributed by atoms with Crippen molar-refractivity contribution >= 4 is 17.5 Å². The normalized spacial score (nSPS) is 15.9. The number of hydrogen-bond donors (Lipinski definition) is 2. The first-order valence-corrected chi connectivity index (χ1v) is 11.0. The highest BCUT2D eigenvalue weighted by Gasteiger charge is 2.24. The summed E-state index contributed by atoms with van der Waals surface area (Å²) in [6.45, 7) is -1.08. The maximum absolute atomic E-state index is 14.7. The molecule has 1 saturated carbocycles. The zero-order valence-electron chi connectivity index (χ0n) is 24.0. The van der Waals surface area contributed by atoms with Crippen molar-refractivity contribution in [2.75, 3.05) is 19.3 Å². The maximum Gasteiger partial charge on any atom is 0.257 e. The number of anilines is 1. The number of halogens is 2. The Morgan fingerprint density at radius 2 is 2.14 bits per heavy atom. The molecule has 3 N–H and O–H groups in total. The van der Waals surface area contributed by atoms with Crippen molar-refractivity contribution in [3.8, 4) is 22.8 Å². The lowest BCUT2D eigenvalue weighted by Crippen LogP contribution is -2.24. The van der Waals surface area contributed by atoms with Crippen molar-refractivity contribution in [3.63, 3.8) is 0 Å². The molecule has 11 heteroatoms. The molecule has 1 aromatic carbocycles. The van der Waals surface area contributed by atoms with E-state index >= 15 is 0 Å². The van der Waals surface area contributed by atoms with Gasteiger partial charge in [-0.3, -0.25) is 4.79 Å². The minimum Gasteiger partial charge on any atom is -0.490 e. The summed E-state index contributed by atoms with van der Waals surface area (Å²) in [7, 11) is -2.94. The van der Waals surface area contributed by atoms with Gasteiger partial charge in [0.1, 0.15) is 11.4 Å². The van der Waals surface area contributed by atoms with E-state index in [2.05, 4.69) is 20.4 Å². The molecule has 0 spiro atoms. The molecule has 0 radical (unpaired) electrons. The quantitative estimate of drug-likeness (QED) is 0.380. The van der Waals surface area contributed by atoms with Gasteiger partial charge in [0.05, 0.1) is 20.5 Å². The van der Waals surface area contributed by atoms with E-state index in [1.165, 1.54) is 10.6 Å². The molecule has 1 aliphatic carbocycles. The lowest BCUT2D eigenvalue weighted by molar-refractivity contribution is 0.0946. The zero-order chi connectivity index (χ0) is 29.7. The number of rotatable bonds is 8. The summed E-state index contributed by atoms with van der Waals surface area (Å²) in [6.07, 6.45) is 2.73. The molecule has 0 saturated heterocycles. The third-order valence-corrected chi connectivity index (χ3v) is 5.61. The van der Waals surface area contributed by atoms with Gasteiger partial charge in [0.25, 0.3) is 5.91 Å². The van der Waals surface area contributed by atoms with Crippen LogP contribution in [-0.2, 0) is 6.54 Å². The van der Waals surface area contributed by atoms with Crippen LogP contribution < -0.4 is 20.5 Å². The second-order valence-corrected chi connectivity index (χ2v) is 8.32. The minimum absolute atomic E-state index is 0.0563. The van der Waals surface area contributed by atoms with Crippen molar-refractivity contribution < 1.29 is 29.9 Å². The number of amides is 1. The Morgan fingerprint density at radius 3 is 2.92 bits per heavy atom. The largest absolute Gasteiger partial charge is 0.490 e. The molecule has 1 amide bonds. The predicted octanol–water partition coefficient (Wildman–Crippen LogP) is 3.69. The molecule has 5 rings (SSSR count). The highest BCUT2D eigenvalue weighted by atomic mass is 19.1. The van der Waals surface area contributed by atoms with Gasteiger partial charge in [0, 0.05) is 35.6 Å². The molecular formula is C25H24F2N6O3. The van der Waals surface area contributed by atoms with Gasteiger partial charge < -0.3 is 20.5 Å². The van der Waals surface area contributed by atoms with Crippen LogP contribution in [0.15, 0.2) is 36.5 Å². The molecule has 3 aromatic heterocycles. The summed E-state index contributed by atoms with van der Waals surface area (Å²) in [5.74, 6) is -4.35. The van der Waals surface area contributed by atoms with Crippen molar-refractivity contribution in [3.05, 3.63) is 65.0 Å². The molecule has 4 aromatic rings. The number of methoxy groups -OCH3 is 1. The molecule has 3 heterocycles. The molecular weight excluding hydrogens is 470 g/mol. The smallest absolute Gasteiger partial charge is 0.257 e. The molecule has 0 atom stereocenters. The van der Waals surface area contributed by atoms with E-state index in [-0.39, 0.29) is 17.1 Å². The minimum atomic E-state index is -2.94. The number of fused-ring (bicyclic) bond motifs is 1.